The van der Waals surface area contributed by atoms with Gasteiger partial charge < -0.3 is 4.74 Å². The first kappa shape index (κ1) is 11.2. The summed E-state index contributed by atoms with van der Waals surface area (Å²) in [5.41, 5.74) is 1.92. The molecule has 0 saturated heterocycles. The largest absolute Gasteiger partial charge is 0.464 e. The molecule has 0 saturated carbocycles. The summed E-state index contributed by atoms with van der Waals surface area (Å²) < 4.78 is 5.51. The third-order valence-electron chi connectivity index (χ3n) is 2.22. The van der Waals surface area contributed by atoms with E-state index in [4.69, 9.17) is 4.74 Å². The first-order valence-corrected chi connectivity index (χ1v) is 5.29. The molecule has 0 unspecified atom stereocenters. The molecule has 0 atom stereocenters. The Labute approximate surface area is 101 Å². The second-order valence-corrected chi connectivity index (χ2v) is 3.32. The molecular formula is C14H12N2O. The summed E-state index contributed by atoms with van der Waals surface area (Å²) in [7, 11) is 0. The van der Waals surface area contributed by atoms with Gasteiger partial charge in [-0.25, -0.2) is 9.97 Å². The van der Waals surface area contributed by atoms with Gasteiger partial charge in [0.15, 0.2) is 6.61 Å². The van der Waals surface area contributed by atoms with Crippen molar-refractivity contribution in [3.05, 3.63) is 42.9 Å². The van der Waals surface area contributed by atoms with Crippen molar-refractivity contribution in [1.29, 1.82) is 0 Å². The maximum Gasteiger partial charge on any atom is 0.225 e. The molecule has 0 aliphatic carbocycles. The average Bonchev–Trinajstić information content (AvgIpc) is 2.41. The Morgan fingerprint density at radius 2 is 2.06 bits per heavy atom. The summed E-state index contributed by atoms with van der Waals surface area (Å²) in [6, 6.07) is 9.90. The van der Waals surface area contributed by atoms with E-state index in [1.807, 2.05) is 30.3 Å². The highest BCUT2D eigenvalue weighted by atomic mass is 16.5. The number of rotatable bonds is 3. The highest BCUT2D eigenvalue weighted by molar-refractivity contribution is 5.67. The van der Waals surface area contributed by atoms with E-state index in [1.165, 1.54) is 6.33 Å². The fourth-order valence-corrected chi connectivity index (χ4v) is 1.43. The van der Waals surface area contributed by atoms with Crippen LogP contribution in [0.1, 0.15) is 6.92 Å². The molecule has 0 radical (unpaired) electrons. The Kier molecular flexibility index (Phi) is 3.72. The summed E-state index contributed by atoms with van der Waals surface area (Å²) in [5, 5.41) is 0. The molecule has 0 fully saturated rings. The molecule has 1 aromatic heterocycles. The van der Waals surface area contributed by atoms with Crippen molar-refractivity contribution in [2.45, 2.75) is 6.92 Å². The first-order chi connectivity index (χ1) is 8.42. The quantitative estimate of drug-likeness (QED) is 0.751. The topological polar surface area (TPSA) is 35.0 Å². The molecule has 3 nitrogen and oxygen atoms in total. The lowest BCUT2D eigenvalue weighted by atomic mass is 10.1. The minimum Gasteiger partial charge on any atom is -0.464 e. The average molecular weight is 224 g/mol. The zero-order valence-corrected chi connectivity index (χ0v) is 9.55. The van der Waals surface area contributed by atoms with E-state index in [-0.39, 0.29) is 0 Å². The van der Waals surface area contributed by atoms with Gasteiger partial charge in [0.1, 0.15) is 6.33 Å². The van der Waals surface area contributed by atoms with Gasteiger partial charge in [0, 0.05) is 6.20 Å². The van der Waals surface area contributed by atoms with Gasteiger partial charge in [-0.3, -0.25) is 0 Å². The van der Waals surface area contributed by atoms with Crippen molar-refractivity contribution in [3.63, 3.8) is 0 Å². The highest BCUT2D eigenvalue weighted by Gasteiger charge is 2.06. The number of benzene rings is 1. The molecular weight excluding hydrogens is 212 g/mol. The van der Waals surface area contributed by atoms with Crippen molar-refractivity contribution >= 4 is 0 Å². The van der Waals surface area contributed by atoms with E-state index < -0.39 is 0 Å². The van der Waals surface area contributed by atoms with Crippen LogP contribution in [0.15, 0.2) is 42.9 Å². The van der Waals surface area contributed by atoms with Gasteiger partial charge in [-0.1, -0.05) is 36.3 Å². The van der Waals surface area contributed by atoms with Gasteiger partial charge in [0.25, 0.3) is 0 Å². The van der Waals surface area contributed by atoms with Crippen LogP contribution in [0.3, 0.4) is 0 Å². The molecule has 0 amide bonds. The van der Waals surface area contributed by atoms with Crippen molar-refractivity contribution < 1.29 is 4.74 Å². The molecule has 2 rings (SSSR count). The summed E-state index contributed by atoms with van der Waals surface area (Å²) in [4.78, 5) is 8.15. The molecule has 0 aliphatic heterocycles. The molecule has 0 bridgehead atoms. The van der Waals surface area contributed by atoms with Crippen LogP contribution < -0.4 is 4.74 Å². The molecule has 1 heterocycles. The highest BCUT2D eigenvalue weighted by Crippen LogP contribution is 2.26. The van der Waals surface area contributed by atoms with Crippen LogP contribution >= 0.6 is 0 Å². The maximum atomic E-state index is 5.51. The van der Waals surface area contributed by atoms with E-state index in [2.05, 4.69) is 21.8 Å². The zero-order chi connectivity index (χ0) is 11.9. The fraction of sp³-hybridized carbons (Fsp3) is 0.143. The van der Waals surface area contributed by atoms with Crippen LogP contribution in [0.4, 0.5) is 0 Å². The van der Waals surface area contributed by atoms with Gasteiger partial charge in [-0.2, -0.15) is 0 Å². The monoisotopic (exact) mass is 224 g/mol. The summed E-state index contributed by atoms with van der Waals surface area (Å²) >= 11 is 0. The van der Waals surface area contributed by atoms with Crippen LogP contribution in [0.2, 0.25) is 0 Å². The van der Waals surface area contributed by atoms with Crippen LogP contribution in [0.25, 0.3) is 11.1 Å². The first-order valence-electron chi connectivity index (χ1n) is 5.29. The van der Waals surface area contributed by atoms with Crippen molar-refractivity contribution in [2.75, 3.05) is 6.61 Å². The van der Waals surface area contributed by atoms with E-state index in [0.717, 1.165) is 11.1 Å². The van der Waals surface area contributed by atoms with Crippen molar-refractivity contribution in [3.8, 4) is 28.8 Å². The molecule has 0 spiro atoms. The minimum atomic E-state index is 0.341. The second-order valence-electron chi connectivity index (χ2n) is 3.32. The van der Waals surface area contributed by atoms with E-state index >= 15 is 0 Å². The normalized spacial score (nSPS) is 9.24. The number of hydrogen-bond donors (Lipinski definition) is 0. The van der Waals surface area contributed by atoms with E-state index in [0.29, 0.717) is 12.5 Å². The lowest BCUT2D eigenvalue weighted by molar-refractivity contribution is 0.356. The van der Waals surface area contributed by atoms with E-state index in [1.54, 1.807) is 13.1 Å². The lowest BCUT2D eigenvalue weighted by Crippen LogP contribution is -1.98. The standard InChI is InChI=1S/C14H12N2O/c1-2-3-9-17-14-13(10-15-11-16-14)12-7-5-4-6-8-12/h4-8,10-11H,9H2,1H3. The SMILES string of the molecule is CC#CCOc1ncncc1-c1ccccc1. The maximum absolute atomic E-state index is 5.51. The minimum absolute atomic E-state index is 0.341. The van der Waals surface area contributed by atoms with Crippen LogP contribution in [-0.4, -0.2) is 16.6 Å². The number of aromatic nitrogens is 2. The van der Waals surface area contributed by atoms with Gasteiger partial charge in [-0.15, -0.1) is 5.92 Å². The van der Waals surface area contributed by atoms with Gasteiger partial charge in [0.05, 0.1) is 5.56 Å². The Morgan fingerprint density at radius 1 is 1.24 bits per heavy atom. The number of ether oxygens (including phenoxy) is 1. The number of nitrogens with zero attached hydrogens (tertiary/aromatic N) is 2. The molecule has 0 N–H and O–H groups in total. The Hall–Kier alpha value is -2.34. The molecule has 0 aliphatic rings. The number of hydrogen-bond acceptors (Lipinski definition) is 3. The van der Waals surface area contributed by atoms with Gasteiger partial charge in [-0.05, 0) is 12.5 Å². The Morgan fingerprint density at radius 3 is 2.82 bits per heavy atom. The smallest absolute Gasteiger partial charge is 0.225 e. The van der Waals surface area contributed by atoms with Crippen molar-refractivity contribution in [1.82, 2.24) is 9.97 Å². The predicted molar refractivity (Wildman–Crippen MR) is 66.4 cm³/mol. The third-order valence-corrected chi connectivity index (χ3v) is 2.22. The van der Waals surface area contributed by atoms with E-state index in [9.17, 15) is 0 Å². The molecule has 3 heteroatoms. The van der Waals surface area contributed by atoms with Crippen molar-refractivity contribution in [2.24, 2.45) is 0 Å². The van der Waals surface area contributed by atoms with Crippen LogP contribution in [-0.2, 0) is 0 Å². The lowest BCUT2D eigenvalue weighted by Gasteiger charge is -2.07. The molecule has 2 aromatic rings. The fourth-order valence-electron chi connectivity index (χ4n) is 1.43. The predicted octanol–water partition coefficient (Wildman–Crippen LogP) is 2.55. The zero-order valence-electron chi connectivity index (χ0n) is 9.55. The van der Waals surface area contributed by atoms with Gasteiger partial charge in [0.2, 0.25) is 5.88 Å². The Balaban J connectivity index is 2.30. The Bertz CT molecular complexity index is 541. The summed E-state index contributed by atoms with van der Waals surface area (Å²) in [6.45, 7) is 2.12. The third kappa shape index (κ3) is 2.82. The van der Waals surface area contributed by atoms with Gasteiger partial charge >= 0.3 is 0 Å². The summed E-state index contributed by atoms with van der Waals surface area (Å²) in [5.74, 6) is 6.19. The van der Waals surface area contributed by atoms with Crippen LogP contribution in [0.5, 0.6) is 5.88 Å². The summed E-state index contributed by atoms with van der Waals surface area (Å²) in [6.07, 6.45) is 3.22. The van der Waals surface area contributed by atoms with Crippen LogP contribution in [0, 0.1) is 11.8 Å². The second kappa shape index (κ2) is 5.66. The molecule has 84 valence electrons. The molecule has 17 heavy (non-hydrogen) atoms. The molecule has 1 aromatic carbocycles.